The van der Waals surface area contributed by atoms with E-state index in [1.165, 1.54) is 8.66 Å². The van der Waals surface area contributed by atoms with Crippen LogP contribution in [0.2, 0.25) is 0 Å². The summed E-state index contributed by atoms with van der Waals surface area (Å²) < 4.78 is 1.19. The quantitative estimate of drug-likeness (QED) is 0.895. The summed E-state index contributed by atoms with van der Waals surface area (Å²) in [5.74, 6) is 0.573. The maximum absolute atomic E-state index is 12.3. The number of piperazine rings is 1. The maximum Gasteiger partial charge on any atom is 0.227 e. The average Bonchev–Trinajstić information content (AvgIpc) is 3.11. The van der Waals surface area contributed by atoms with Crippen molar-refractivity contribution in [2.24, 2.45) is 5.92 Å². The van der Waals surface area contributed by atoms with E-state index in [2.05, 4.69) is 43.2 Å². The number of hydrogen-bond donors (Lipinski definition) is 1. The molecule has 1 N–H and O–H groups in total. The Morgan fingerprint density at radius 2 is 2.15 bits per heavy atom. The summed E-state index contributed by atoms with van der Waals surface area (Å²) in [5, 5.41) is 3.28. The highest BCUT2D eigenvalue weighted by atomic mass is 79.9. The van der Waals surface area contributed by atoms with E-state index < -0.39 is 0 Å². The van der Waals surface area contributed by atoms with Crippen LogP contribution in [0.1, 0.15) is 11.3 Å². The summed E-state index contributed by atoms with van der Waals surface area (Å²) >= 11 is 5.30. The van der Waals surface area contributed by atoms with E-state index in [0.29, 0.717) is 5.91 Å². The Morgan fingerprint density at radius 1 is 1.35 bits per heavy atom. The van der Waals surface area contributed by atoms with Gasteiger partial charge in [-0.3, -0.25) is 9.69 Å². The Kier molecular flexibility index (Phi) is 4.75. The monoisotopic (exact) mass is 357 g/mol. The highest BCUT2D eigenvalue weighted by Crippen LogP contribution is 2.24. The van der Waals surface area contributed by atoms with Gasteiger partial charge in [-0.2, -0.15) is 0 Å². The molecule has 1 aromatic heterocycles. The molecule has 2 aliphatic heterocycles. The van der Waals surface area contributed by atoms with Gasteiger partial charge in [-0.15, -0.1) is 11.3 Å². The molecule has 0 aliphatic carbocycles. The number of carbonyl (C=O) groups is 1. The molecule has 6 heteroatoms. The predicted molar refractivity (Wildman–Crippen MR) is 84.9 cm³/mol. The van der Waals surface area contributed by atoms with Gasteiger partial charge in [0.2, 0.25) is 5.91 Å². The van der Waals surface area contributed by atoms with Crippen molar-refractivity contribution < 1.29 is 4.79 Å². The predicted octanol–water partition coefficient (Wildman–Crippen LogP) is 1.76. The topological polar surface area (TPSA) is 35.6 Å². The van der Waals surface area contributed by atoms with Gasteiger partial charge in [0.25, 0.3) is 0 Å². The molecular formula is C14H20BrN3OS. The van der Waals surface area contributed by atoms with Crippen molar-refractivity contribution in [3.8, 4) is 0 Å². The van der Waals surface area contributed by atoms with Crippen molar-refractivity contribution >= 4 is 33.2 Å². The first-order valence-corrected chi connectivity index (χ1v) is 8.79. The van der Waals surface area contributed by atoms with E-state index in [4.69, 9.17) is 0 Å². The molecule has 2 aliphatic rings. The molecule has 2 saturated heterocycles. The molecule has 2 fully saturated rings. The third-order valence-corrected chi connectivity index (χ3v) is 5.71. The average molecular weight is 358 g/mol. The molecule has 3 heterocycles. The number of nitrogens with one attached hydrogen (secondary N) is 1. The van der Waals surface area contributed by atoms with E-state index in [-0.39, 0.29) is 5.92 Å². The van der Waals surface area contributed by atoms with Gasteiger partial charge in [0, 0.05) is 44.1 Å². The van der Waals surface area contributed by atoms with Crippen molar-refractivity contribution in [3.63, 3.8) is 0 Å². The molecule has 0 radical (unpaired) electrons. The van der Waals surface area contributed by atoms with Gasteiger partial charge in [0.15, 0.2) is 0 Å². The van der Waals surface area contributed by atoms with Crippen molar-refractivity contribution in [3.05, 3.63) is 20.8 Å². The number of rotatable bonds is 3. The Labute approximate surface area is 132 Å². The second-order valence-electron chi connectivity index (χ2n) is 5.50. The van der Waals surface area contributed by atoms with Crippen LogP contribution in [-0.2, 0) is 11.3 Å². The zero-order valence-electron chi connectivity index (χ0n) is 11.5. The van der Waals surface area contributed by atoms with Crippen LogP contribution in [0.25, 0.3) is 0 Å². The lowest BCUT2D eigenvalue weighted by Gasteiger charge is -2.35. The number of thiophene rings is 1. The molecule has 3 rings (SSSR count). The van der Waals surface area contributed by atoms with Crippen molar-refractivity contribution in [1.82, 2.24) is 15.1 Å². The smallest absolute Gasteiger partial charge is 0.227 e. The maximum atomic E-state index is 12.3. The van der Waals surface area contributed by atoms with E-state index in [0.717, 1.165) is 52.2 Å². The fourth-order valence-corrected chi connectivity index (χ4v) is 4.43. The molecule has 1 aromatic rings. The van der Waals surface area contributed by atoms with Crippen LogP contribution >= 0.6 is 27.3 Å². The van der Waals surface area contributed by atoms with Crippen LogP contribution in [-0.4, -0.2) is 55.0 Å². The Bertz CT molecular complexity index is 465. The molecule has 110 valence electrons. The summed E-state index contributed by atoms with van der Waals surface area (Å²) in [6.45, 7) is 6.59. The van der Waals surface area contributed by atoms with Gasteiger partial charge in [-0.1, -0.05) is 0 Å². The van der Waals surface area contributed by atoms with Crippen molar-refractivity contribution in [2.45, 2.75) is 13.0 Å². The number of carbonyl (C=O) groups excluding carboxylic acids is 1. The lowest BCUT2D eigenvalue weighted by Crippen LogP contribution is -2.50. The minimum atomic E-state index is 0.217. The Balaban J connectivity index is 1.48. The second-order valence-corrected chi connectivity index (χ2v) is 8.04. The molecular weight excluding hydrogens is 338 g/mol. The largest absolute Gasteiger partial charge is 0.340 e. The molecule has 0 spiro atoms. The minimum Gasteiger partial charge on any atom is -0.340 e. The Morgan fingerprint density at radius 3 is 2.75 bits per heavy atom. The molecule has 0 bridgehead atoms. The third kappa shape index (κ3) is 3.42. The minimum absolute atomic E-state index is 0.217. The van der Waals surface area contributed by atoms with E-state index in [9.17, 15) is 4.79 Å². The number of hydrogen-bond acceptors (Lipinski definition) is 4. The first kappa shape index (κ1) is 14.5. The lowest BCUT2D eigenvalue weighted by molar-refractivity contribution is -0.136. The van der Waals surface area contributed by atoms with Crippen LogP contribution < -0.4 is 5.32 Å². The molecule has 1 unspecified atom stereocenters. The summed E-state index contributed by atoms with van der Waals surface area (Å²) in [5.41, 5.74) is 0. The number of halogens is 1. The normalized spacial score (nSPS) is 24.2. The lowest BCUT2D eigenvalue weighted by atomic mass is 10.1. The van der Waals surface area contributed by atoms with Crippen LogP contribution in [0.5, 0.6) is 0 Å². The van der Waals surface area contributed by atoms with Gasteiger partial charge in [-0.05, 0) is 41.0 Å². The molecule has 1 atom stereocenters. The van der Waals surface area contributed by atoms with Gasteiger partial charge in [0.1, 0.15) is 0 Å². The number of amides is 1. The second kappa shape index (κ2) is 6.56. The van der Waals surface area contributed by atoms with Crippen molar-refractivity contribution in [1.29, 1.82) is 0 Å². The van der Waals surface area contributed by atoms with Gasteiger partial charge in [0.05, 0.1) is 9.70 Å². The fourth-order valence-electron chi connectivity index (χ4n) is 2.91. The summed E-state index contributed by atoms with van der Waals surface area (Å²) in [6, 6.07) is 4.28. The SMILES string of the molecule is O=C(C1CCNC1)N1CCN(Cc2ccc(Br)s2)CC1. The van der Waals surface area contributed by atoms with Gasteiger partial charge >= 0.3 is 0 Å². The third-order valence-electron chi connectivity index (χ3n) is 4.10. The highest BCUT2D eigenvalue weighted by molar-refractivity contribution is 9.11. The van der Waals surface area contributed by atoms with Crippen molar-refractivity contribution in [2.75, 3.05) is 39.3 Å². The summed E-state index contributed by atoms with van der Waals surface area (Å²) in [6.07, 6.45) is 1.00. The highest BCUT2D eigenvalue weighted by Gasteiger charge is 2.29. The van der Waals surface area contributed by atoms with Crippen LogP contribution in [0.15, 0.2) is 15.9 Å². The van der Waals surface area contributed by atoms with Crippen LogP contribution in [0.4, 0.5) is 0 Å². The van der Waals surface area contributed by atoms with Gasteiger partial charge in [-0.25, -0.2) is 0 Å². The van der Waals surface area contributed by atoms with Crippen LogP contribution in [0, 0.1) is 5.92 Å². The standard InChI is InChI=1S/C14H20BrN3OS/c15-13-2-1-12(20-13)10-17-5-7-18(8-6-17)14(19)11-3-4-16-9-11/h1-2,11,16H,3-10H2. The first-order valence-electron chi connectivity index (χ1n) is 7.18. The van der Waals surface area contributed by atoms with E-state index in [1.807, 2.05) is 0 Å². The molecule has 20 heavy (non-hydrogen) atoms. The molecule has 0 aromatic carbocycles. The van der Waals surface area contributed by atoms with Gasteiger partial charge < -0.3 is 10.2 Å². The van der Waals surface area contributed by atoms with E-state index in [1.54, 1.807) is 11.3 Å². The first-order chi connectivity index (χ1) is 9.72. The zero-order valence-corrected chi connectivity index (χ0v) is 13.9. The van der Waals surface area contributed by atoms with Crippen LogP contribution in [0.3, 0.4) is 0 Å². The molecule has 4 nitrogen and oxygen atoms in total. The summed E-state index contributed by atoms with van der Waals surface area (Å²) in [7, 11) is 0. The van der Waals surface area contributed by atoms with E-state index >= 15 is 0 Å². The molecule has 0 saturated carbocycles. The zero-order chi connectivity index (χ0) is 13.9. The molecule has 1 amide bonds. The summed E-state index contributed by atoms with van der Waals surface area (Å²) in [4.78, 5) is 18.2. The number of nitrogens with zero attached hydrogens (tertiary/aromatic N) is 2. The fraction of sp³-hybridized carbons (Fsp3) is 0.643. The Hall–Kier alpha value is -0.430.